The molecule has 2 N–H and O–H groups in total. The van der Waals surface area contributed by atoms with Crippen molar-refractivity contribution in [2.24, 2.45) is 17.1 Å². The van der Waals surface area contributed by atoms with E-state index < -0.39 is 0 Å². The van der Waals surface area contributed by atoms with Gasteiger partial charge in [0.05, 0.1) is 0 Å². The minimum atomic E-state index is 0. The molecule has 0 bridgehead atoms. The average molecular weight is 349 g/mol. The second kappa shape index (κ2) is 6.03. The van der Waals surface area contributed by atoms with Gasteiger partial charge in [0.15, 0.2) is 0 Å². The third-order valence-corrected chi connectivity index (χ3v) is 6.62. The Balaban J connectivity index is 0.00000169. The molecule has 24 heavy (non-hydrogen) atoms. The van der Waals surface area contributed by atoms with Crippen molar-refractivity contribution >= 4 is 18.3 Å². The zero-order chi connectivity index (χ0) is 16.2. The van der Waals surface area contributed by atoms with Gasteiger partial charge in [0.2, 0.25) is 5.91 Å². The Kier molecular flexibility index (Phi) is 4.46. The molecule has 3 atom stereocenters. The molecule has 1 spiro atoms. The largest absolute Gasteiger partial charge is 0.342 e. The lowest BCUT2D eigenvalue weighted by atomic mass is 9.77. The molecule has 1 saturated heterocycles. The van der Waals surface area contributed by atoms with Gasteiger partial charge in [0.25, 0.3) is 0 Å². The van der Waals surface area contributed by atoms with Gasteiger partial charge in [-0.15, -0.1) is 12.4 Å². The number of nitrogens with two attached hydrogens (primary N) is 1. The van der Waals surface area contributed by atoms with Gasteiger partial charge in [-0.25, -0.2) is 0 Å². The van der Waals surface area contributed by atoms with Crippen LogP contribution in [0.3, 0.4) is 0 Å². The summed E-state index contributed by atoms with van der Waals surface area (Å²) >= 11 is 0. The van der Waals surface area contributed by atoms with E-state index in [1.807, 2.05) is 0 Å². The highest BCUT2D eigenvalue weighted by Crippen LogP contribution is 2.61. The molecule has 132 valence electrons. The first-order valence-corrected chi connectivity index (χ1v) is 9.07. The number of carbonyl (C=O) groups excluding carboxylic acids is 1. The van der Waals surface area contributed by atoms with Crippen molar-refractivity contribution in [3.05, 3.63) is 35.4 Å². The molecule has 4 rings (SSSR count). The van der Waals surface area contributed by atoms with Crippen molar-refractivity contribution in [2.45, 2.75) is 57.4 Å². The van der Waals surface area contributed by atoms with Crippen LogP contribution in [0.25, 0.3) is 0 Å². The number of carbonyl (C=O) groups is 1. The fourth-order valence-electron chi connectivity index (χ4n) is 4.94. The summed E-state index contributed by atoms with van der Waals surface area (Å²) in [6.07, 6.45) is 5.54. The number of likely N-dealkylation sites (tertiary alicyclic amines) is 1. The maximum absolute atomic E-state index is 13.1. The lowest BCUT2D eigenvalue weighted by Crippen LogP contribution is -2.54. The summed E-state index contributed by atoms with van der Waals surface area (Å²) in [7, 11) is 0. The van der Waals surface area contributed by atoms with Gasteiger partial charge in [-0.3, -0.25) is 4.79 Å². The second-order valence-electron chi connectivity index (χ2n) is 8.57. The van der Waals surface area contributed by atoms with Crippen LogP contribution in [0.1, 0.15) is 50.7 Å². The predicted molar refractivity (Wildman–Crippen MR) is 99.4 cm³/mol. The summed E-state index contributed by atoms with van der Waals surface area (Å²) in [5, 5.41) is 0. The molecule has 3 nitrogen and oxygen atoms in total. The standard InChI is InChI=1S/C20H28N2O.ClH/c1-19(2)13-22(11-9-17(19)21)18(23)16-12-20(16)10-5-7-14-6-3-4-8-15(14)20;/h3-4,6,8,16-17H,5,7,9-13,21H2,1-2H3;1H. The molecule has 3 unspecified atom stereocenters. The number of benzene rings is 1. The van der Waals surface area contributed by atoms with Gasteiger partial charge in [0.1, 0.15) is 0 Å². The first-order valence-electron chi connectivity index (χ1n) is 9.07. The van der Waals surface area contributed by atoms with E-state index >= 15 is 0 Å². The van der Waals surface area contributed by atoms with Crippen LogP contribution in [-0.4, -0.2) is 29.9 Å². The Hall–Kier alpha value is -1.06. The quantitative estimate of drug-likeness (QED) is 0.846. The molecule has 1 aromatic rings. The molecule has 4 heteroatoms. The second-order valence-corrected chi connectivity index (χ2v) is 8.57. The highest BCUT2D eigenvalue weighted by molar-refractivity contribution is 5.85. The van der Waals surface area contributed by atoms with Crippen LogP contribution in [0.15, 0.2) is 24.3 Å². The van der Waals surface area contributed by atoms with Crippen molar-refractivity contribution in [2.75, 3.05) is 13.1 Å². The monoisotopic (exact) mass is 348 g/mol. The molecule has 1 amide bonds. The van der Waals surface area contributed by atoms with Crippen molar-refractivity contribution in [1.82, 2.24) is 4.90 Å². The van der Waals surface area contributed by atoms with Crippen LogP contribution >= 0.6 is 12.4 Å². The van der Waals surface area contributed by atoms with Crippen molar-refractivity contribution in [3.63, 3.8) is 0 Å². The molecule has 1 aromatic carbocycles. The van der Waals surface area contributed by atoms with E-state index in [1.165, 1.54) is 30.4 Å². The highest BCUT2D eigenvalue weighted by atomic mass is 35.5. The van der Waals surface area contributed by atoms with Gasteiger partial charge < -0.3 is 10.6 Å². The molecule has 1 aliphatic heterocycles. The van der Waals surface area contributed by atoms with Gasteiger partial charge in [0, 0.05) is 30.5 Å². The van der Waals surface area contributed by atoms with Gasteiger partial charge >= 0.3 is 0 Å². The van der Waals surface area contributed by atoms with E-state index in [0.717, 1.165) is 25.9 Å². The van der Waals surface area contributed by atoms with E-state index in [1.54, 1.807) is 0 Å². The summed E-state index contributed by atoms with van der Waals surface area (Å²) in [5.74, 6) is 0.579. The fourth-order valence-corrected chi connectivity index (χ4v) is 4.94. The normalized spacial score (nSPS) is 33.5. The molecule has 2 fully saturated rings. The lowest BCUT2D eigenvalue weighted by molar-refractivity contribution is -0.136. The first-order chi connectivity index (χ1) is 10.9. The SMILES string of the molecule is CC1(C)CN(C(=O)C2CC23CCCc2ccccc23)CCC1N.Cl. The topological polar surface area (TPSA) is 46.3 Å². The van der Waals surface area contributed by atoms with Crippen molar-refractivity contribution < 1.29 is 4.79 Å². The predicted octanol–water partition coefficient (Wildman–Crippen LogP) is 3.29. The van der Waals surface area contributed by atoms with Crippen LogP contribution in [0.4, 0.5) is 0 Å². The number of hydrogen-bond acceptors (Lipinski definition) is 2. The summed E-state index contributed by atoms with van der Waals surface area (Å²) in [6, 6.07) is 8.98. The van der Waals surface area contributed by atoms with E-state index in [2.05, 4.69) is 43.0 Å². The Morgan fingerprint density at radius 2 is 2.04 bits per heavy atom. The maximum atomic E-state index is 13.1. The number of fused-ring (bicyclic) bond motifs is 2. The molecule has 0 aromatic heterocycles. The Bertz CT molecular complexity index is 644. The summed E-state index contributed by atoms with van der Waals surface area (Å²) in [5.41, 5.74) is 9.33. The smallest absolute Gasteiger partial charge is 0.226 e. The summed E-state index contributed by atoms with van der Waals surface area (Å²) < 4.78 is 0. The van der Waals surface area contributed by atoms with Crippen molar-refractivity contribution in [3.8, 4) is 0 Å². The minimum Gasteiger partial charge on any atom is -0.342 e. The number of halogens is 1. The average Bonchev–Trinajstić information content (AvgIpc) is 3.24. The number of piperidine rings is 1. The molecule has 1 saturated carbocycles. The Labute approximate surface area is 151 Å². The number of nitrogens with zero attached hydrogens (tertiary/aromatic N) is 1. The third kappa shape index (κ3) is 2.66. The molecule has 2 aliphatic carbocycles. The highest BCUT2D eigenvalue weighted by Gasteiger charge is 2.61. The number of aryl methyl sites for hydroxylation is 1. The molecular weight excluding hydrogens is 320 g/mol. The van der Waals surface area contributed by atoms with Crippen LogP contribution in [0, 0.1) is 11.3 Å². The third-order valence-electron chi connectivity index (χ3n) is 6.62. The first kappa shape index (κ1) is 17.8. The Morgan fingerprint density at radius 3 is 2.79 bits per heavy atom. The Morgan fingerprint density at radius 1 is 1.29 bits per heavy atom. The van der Waals surface area contributed by atoms with Crippen molar-refractivity contribution in [1.29, 1.82) is 0 Å². The maximum Gasteiger partial charge on any atom is 0.226 e. The molecule has 3 aliphatic rings. The van der Waals surface area contributed by atoms with Crippen LogP contribution in [0.5, 0.6) is 0 Å². The zero-order valence-corrected chi connectivity index (χ0v) is 15.6. The number of amides is 1. The van der Waals surface area contributed by atoms with Gasteiger partial charge in [-0.05, 0) is 48.6 Å². The molecular formula is C20H29ClN2O. The van der Waals surface area contributed by atoms with E-state index in [0.29, 0.717) is 5.91 Å². The lowest BCUT2D eigenvalue weighted by Gasteiger charge is -2.43. The number of hydrogen-bond donors (Lipinski definition) is 1. The summed E-state index contributed by atoms with van der Waals surface area (Å²) in [4.78, 5) is 15.2. The minimum absolute atomic E-state index is 0. The zero-order valence-electron chi connectivity index (χ0n) is 14.8. The molecule has 1 heterocycles. The van der Waals surface area contributed by atoms with E-state index in [4.69, 9.17) is 5.73 Å². The van der Waals surface area contributed by atoms with Gasteiger partial charge in [-0.2, -0.15) is 0 Å². The fraction of sp³-hybridized carbons (Fsp3) is 0.650. The summed E-state index contributed by atoms with van der Waals surface area (Å²) in [6.45, 7) is 6.02. The van der Waals surface area contributed by atoms with E-state index in [-0.39, 0.29) is 35.2 Å². The molecule has 0 radical (unpaired) electrons. The van der Waals surface area contributed by atoms with Crippen LogP contribution in [-0.2, 0) is 16.6 Å². The van der Waals surface area contributed by atoms with Crippen LogP contribution in [0.2, 0.25) is 0 Å². The van der Waals surface area contributed by atoms with Crippen LogP contribution < -0.4 is 5.73 Å². The van der Waals surface area contributed by atoms with Gasteiger partial charge in [-0.1, -0.05) is 38.1 Å². The number of rotatable bonds is 1. The van der Waals surface area contributed by atoms with E-state index in [9.17, 15) is 4.79 Å².